The molecule has 2 amide bonds. The van der Waals surface area contributed by atoms with Crippen molar-refractivity contribution < 1.29 is 23.9 Å². The molecule has 1 aliphatic rings. The Hall–Kier alpha value is -2.58. The highest BCUT2D eigenvalue weighted by Gasteiger charge is 2.36. The monoisotopic (exact) mass is 517 g/mol. The third-order valence-electron chi connectivity index (χ3n) is 4.48. The van der Waals surface area contributed by atoms with E-state index in [1.165, 1.54) is 0 Å². The molecule has 0 radical (unpaired) electrons. The number of benzene rings is 2. The number of ether oxygens (including phenoxy) is 2. The average molecular weight is 518 g/mol. The summed E-state index contributed by atoms with van der Waals surface area (Å²) in [6.45, 7) is 6.74. The Kier molecular flexibility index (Phi) is 8.15. The van der Waals surface area contributed by atoms with Crippen LogP contribution in [0.3, 0.4) is 0 Å². The fraction of sp³-hybridized carbons (Fsp3) is 0.292. The first-order chi connectivity index (χ1) is 15.3. The summed E-state index contributed by atoms with van der Waals surface area (Å²) in [5.74, 6) is 0.795. The van der Waals surface area contributed by atoms with E-state index in [2.05, 4.69) is 29.8 Å². The van der Waals surface area contributed by atoms with Gasteiger partial charge < -0.3 is 9.47 Å². The number of carbonyl (C=O) groups excluding carboxylic acids is 3. The highest BCUT2D eigenvalue weighted by atomic mass is 79.9. The third kappa shape index (κ3) is 6.01. The van der Waals surface area contributed by atoms with Crippen LogP contribution < -0.4 is 9.47 Å². The molecule has 0 N–H and O–H groups in total. The van der Waals surface area contributed by atoms with Gasteiger partial charge in [-0.2, -0.15) is 0 Å². The minimum Gasteiger partial charge on any atom is -0.490 e. The van der Waals surface area contributed by atoms with E-state index in [0.717, 1.165) is 21.1 Å². The van der Waals surface area contributed by atoms with Gasteiger partial charge in [0, 0.05) is 10.0 Å². The molecule has 32 heavy (non-hydrogen) atoms. The van der Waals surface area contributed by atoms with Crippen LogP contribution in [0.5, 0.6) is 11.5 Å². The Labute approximate surface area is 200 Å². The fourth-order valence-electron chi connectivity index (χ4n) is 2.92. The first kappa shape index (κ1) is 24.1. The quantitative estimate of drug-likeness (QED) is 0.309. The zero-order valence-corrected chi connectivity index (χ0v) is 20.5. The number of halogens is 1. The van der Waals surface area contributed by atoms with Gasteiger partial charge in [-0.25, -0.2) is 0 Å². The number of hydrogen-bond donors (Lipinski definition) is 0. The van der Waals surface area contributed by atoms with Crippen molar-refractivity contribution in [2.75, 3.05) is 19.8 Å². The van der Waals surface area contributed by atoms with Crippen LogP contribution in [0.2, 0.25) is 0 Å². The molecule has 0 bridgehead atoms. The topological polar surface area (TPSA) is 72.9 Å². The second kappa shape index (κ2) is 10.8. The van der Waals surface area contributed by atoms with Crippen molar-refractivity contribution in [2.45, 2.75) is 20.8 Å². The summed E-state index contributed by atoms with van der Waals surface area (Å²) in [7, 11) is 0. The molecule has 6 nitrogen and oxygen atoms in total. The Morgan fingerprint density at radius 1 is 1.09 bits per heavy atom. The number of imide groups is 1. The molecule has 0 aliphatic carbocycles. The van der Waals surface area contributed by atoms with Crippen molar-refractivity contribution in [1.82, 2.24) is 4.90 Å². The molecule has 2 aromatic carbocycles. The standard InChI is InChI=1S/C24H24BrNO5S/c1-4-30-21-11-16(5-10-20(21)31-14-15(2)3)12-22-23(28)26(24(29)32-22)13-19(27)17-6-8-18(25)9-7-17/h5-12,15H,4,13-14H2,1-3H3/b22-12-. The number of amides is 2. The van der Waals surface area contributed by atoms with Gasteiger partial charge in [-0.3, -0.25) is 19.3 Å². The molecule has 1 heterocycles. The lowest BCUT2D eigenvalue weighted by atomic mass is 10.1. The van der Waals surface area contributed by atoms with E-state index in [-0.39, 0.29) is 17.2 Å². The van der Waals surface area contributed by atoms with Crippen LogP contribution in [0.4, 0.5) is 4.79 Å². The molecule has 2 aromatic rings. The van der Waals surface area contributed by atoms with Crippen LogP contribution in [0, 0.1) is 5.92 Å². The lowest BCUT2D eigenvalue weighted by molar-refractivity contribution is -0.122. The number of ketones is 1. The molecular weight excluding hydrogens is 494 g/mol. The summed E-state index contributed by atoms with van der Waals surface area (Å²) in [6.07, 6.45) is 1.63. The van der Waals surface area contributed by atoms with Gasteiger partial charge in [-0.1, -0.05) is 48.0 Å². The molecule has 168 valence electrons. The molecule has 0 aromatic heterocycles. The second-order valence-corrected chi connectivity index (χ2v) is 9.45. The van der Waals surface area contributed by atoms with E-state index in [1.807, 2.05) is 6.92 Å². The first-order valence-electron chi connectivity index (χ1n) is 10.2. The highest BCUT2D eigenvalue weighted by Crippen LogP contribution is 2.35. The summed E-state index contributed by atoms with van der Waals surface area (Å²) in [5, 5.41) is -0.464. The van der Waals surface area contributed by atoms with Crippen molar-refractivity contribution in [3.05, 3.63) is 63.0 Å². The van der Waals surface area contributed by atoms with E-state index >= 15 is 0 Å². The van der Waals surface area contributed by atoms with Crippen LogP contribution in [0.1, 0.15) is 36.7 Å². The van der Waals surface area contributed by atoms with E-state index in [1.54, 1.807) is 48.5 Å². The van der Waals surface area contributed by atoms with Gasteiger partial charge in [0.25, 0.3) is 11.1 Å². The second-order valence-electron chi connectivity index (χ2n) is 7.54. The number of Topliss-reactive ketones (excluding diaryl/α,β-unsaturated/α-hetero) is 1. The smallest absolute Gasteiger partial charge is 0.293 e. The van der Waals surface area contributed by atoms with Crippen molar-refractivity contribution in [3.63, 3.8) is 0 Å². The average Bonchev–Trinajstić information content (AvgIpc) is 3.01. The molecule has 0 unspecified atom stereocenters. The molecule has 8 heteroatoms. The van der Waals surface area contributed by atoms with E-state index in [0.29, 0.717) is 41.8 Å². The Bertz CT molecular complexity index is 1050. The molecule has 0 spiro atoms. The van der Waals surface area contributed by atoms with Crippen molar-refractivity contribution >= 4 is 50.7 Å². The summed E-state index contributed by atoms with van der Waals surface area (Å²) in [6, 6.07) is 12.2. The molecule has 0 atom stereocenters. The maximum atomic E-state index is 12.8. The van der Waals surface area contributed by atoms with E-state index in [9.17, 15) is 14.4 Å². The van der Waals surface area contributed by atoms with Gasteiger partial charge in [-0.05, 0) is 60.5 Å². The van der Waals surface area contributed by atoms with Gasteiger partial charge >= 0.3 is 0 Å². The van der Waals surface area contributed by atoms with Gasteiger partial charge in [0.2, 0.25) is 0 Å². The van der Waals surface area contributed by atoms with Crippen molar-refractivity contribution in [3.8, 4) is 11.5 Å². The van der Waals surface area contributed by atoms with Gasteiger partial charge in [-0.15, -0.1) is 0 Å². The molecule has 0 saturated carbocycles. The molecule has 1 fully saturated rings. The minimum absolute atomic E-state index is 0.261. The van der Waals surface area contributed by atoms with Gasteiger partial charge in [0.15, 0.2) is 17.3 Å². The molecule has 3 rings (SSSR count). The largest absolute Gasteiger partial charge is 0.490 e. The summed E-state index contributed by atoms with van der Waals surface area (Å²) >= 11 is 4.14. The van der Waals surface area contributed by atoms with Gasteiger partial charge in [0.1, 0.15) is 0 Å². The van der Waals surface area contributed by atoms with Crippen LogP contribution in [0.15, 0.2) is 51.8 Å². The van der Waals surface area contributed by atoms with Crippen LogP contribution in [-0.2, 0) is 4.79 Å². The summed E-state index contributed by atoms with van der Waals surface area (Å²) in [4.78, 5) is 38.9. The normalized spacial score (nSPS) is 15.0. The third-order valence-corrected chi connectivity index (χ3v) is 5.92. The van der Waals surface area contributed by atoms with Crippen LogP contribution in [0.25, 0.3) is 6.08 Å². The number of hydrogen-bond acceptors (Lipinski definition) is 6. The lowest BCUT2D eigenvalue weighted by Gasteiger charge is -2.14. The predicted molar refractivity (Wildman–Crippen MR) is 129 cm³/mol. The highest BCUT2D eigenvalue weighted by molar-refractivity contribution is 9.10. The Morgan fingerprint density at radius 2 is 1.81 bits per heavy atom. The molecule has 1 aliphatic heterocycles. The number of thioether (sulfide) groups is 1. The molecule has 1 saturated heterocycles. The summed E-state index contributed by atoms with van der Waals surface area (Å²) in [5.41, 5.74) is 1.14. The SMILES string of the molecule is CCOc1cc(/C=C2\SC(=O)N(CC(=O)c3ccc(Br)cc3)C2=O)ccc1OCC(C)C. The first-order valence-corrected chi connectivity index (χ1v) is 11.8. The number of rotatable bonds is 9. The Morgan fingerprint density at radius 3 is 2.47 bits per heavy atom. The maximum absolute atomic E-state index is 12.8. The summed E-state index contributed by atoms with van der Waals surface area (Å²) < 4.78 is 12.3. The number of carbonyl (C=O) groups is 3. The van der Waals surface area contributed by atoms with Crippen LogP contribution in [-0.4, -0.2) is 41.6 Å². The zero-order valence-electron chi connectivity index (χ0n) is 18.1. The van der Waals surface area contributed by atoms with Crippen molar-refractivity contribution in [2.24, 2.45) is 5.92 Å². The lowest BCUT2D eigenvalue weighted by Crippen LogP contribution is -2.33. The van der Waals surface area contributed by atoms with Gasteiger partial charge in [0.05, 0.1) is 24.7 Å². The number of nitrogens with zero attached hydrogens (tertiary/aromatic N) is 1. The molecular formula is C24H24BrNO5S. The fourth-order valence-corrected chi connectivity index (χ4v) is 4.02. The van der Waals surface area contributed by atoms with E-state index < -0.39 is 11.1 Å². The van der Waals surface area contributed by atoms with Crippen LogP contribution >= 0.6 is 27.7 Å². The Balaban J connectivity index is 1.76. The zero-order chi connectivity index (χ0) is 23.3. The minimum atomic E-state index is -0.483. The maximum Gasteiger partial charge on any atom is 0.293 e. The van der Waals surface area contributed by atoms with Crippen molar-refractivity contribution in [1.29, 1.82) is 0 Å². The van der Waals surface area contributed by atoms with E-state index in [4.69, 9.17) is 9.47 Å². The predicted octanol–water partition coefficient (Wildman–Crippen LogP) is 5.80.